The van der Waals surface area contributed by atoms with Gasteiger partial charge < -0.3 is 9.47 Å². The number of benzene rings is 1. The number of methoxy groups -OCH3 is 1. The quantitative estimate of drug-likeness (QED) is 0.802. The van der Waals surface area contributed by atoms with E-state index >= 15 is 0 Å². The van der Waals surface area contributed by atoms with Crippen molar-refractivity contribution in [2.75, 3.05) is 13.4 Å². The molecule has 2 aromatic rings. The van der Waals surface area contributed by atoms with Crippen molar-refractivity contribution in [3.05, 3.63) is 29.8 Å². The molecule has 0 amide bonds. The Balaban J connectivity index is 2.75. The molecule has 0 bridgehead atoms. The van der Waals surface area contributed by atoms with Crippen molar-refractivity contribution in [3.63, 3.8) is 0 Å². The summed E-state index contributed by atoms with van der Waals surface area (Å²) >= 11 is 0. The lowest BCUT2D eigenvalue weighted by molar-refractivity contribution is 0.0380. The number of nitrogens with zero attached hydrogens (tertiary/aromatic N) is 1. The van der Waals surface area contributed by atoms with Gasteiger partial charge in [0, 0.05) is 11.6 Å². The van der Waals surface area contributed by atoms with Crippen LogP contribution in [0.25, 0.3) is 10.9 Å². The molecule has 22 heavy (non-hydrogen) atoms. The van der Waals surface area contributed by atoms with Crippen LogP contribution in [-0.4, -0.2) is 38.8 Å². The minimum atomic E-state index is -3.54. The number of pyridine rings is 1. The van der Waals surface area contributed by atoms with Gasteiger partial charge in [-0.25, -0.2) is 18.2 Å². The fourth-order valence-corrected chi connectivity index (χ4v) is 2.54. The summed E-state index contributed by atoms with van der Waals surface area (Å²) in [5.41, 5.74) is 0.539. The van der Waals surface area contributed by atoms with E-state index in [1.807, 2.05) is 0 Å². The van der Waals surface area contributed by atoms with E-state index in [9.17, 15) is 13.2 Å². The van der Waals surface area contributed by atoms with E-state index in [1.54, 1.807) is 32.0 Å². The third kappa shape index (κ3) is 3.36. The SMILES string of the molecule is COc1ccc2nc(S(C)(=O)=O)cc(C(=O)OC(C)C)c2c1. The highest BCUT2D eigenvalue weighted by atomic mass is 32.2. The number of carbonyl (C=O) groups excluding carboxylic acids is 1. The highest BCUT2D eigenvalue weighted by molar-refractivity contribution is 7.90. The molecule has 1 aromatic carbocycles. The molecular formula is C15H17NO5S. The van der Waals surface area contributed by atoms with E-state index in [0.717, 1.165) is 6.26 Å². The van der Waals surface area contributed by atoms with E-state index in [4.69, 9.17) is 9.47 Å². The Morgan fingerprint density at radius 1 is 1.23 bits per heavy atom. The number of hydrogen-bond donors (Lipinski definition) is 0. The van der Waals surface area contributed by atoms with Crippen LogP contribution in [0.5, 0.6) is 5.75 Å². The first-order valence-corrected chi connectivity index (χ1v) is 8.51. The summed E-state index contributed by atoms with van der Waals surface area (Å²) in [6, 6.07) is 6.13. The van der Waals surface area contributed by atoms with Crippen molar-refractivity contribution in [2.45, 2.75) is 25.0 Å². The summed E-state index contributed by atoms with van der Waals surface area (Å²) in [7, 11) is -2.04. The van der Waals surface area contributed by atoms with Crippen LogP contribution in [0.2, 0.25) is 0 Å². The van der Waals surface area contributed by atoms with Gasteiger partial charge in [-0.1, -0.05) is 0 Å². The van der Waals surface area contributed by atoms with Crippen LogP contribution < -0.4 is 4.74 Å². The van der Waals surface area contributed by atoms with Gasteiger partial charge in [0.05, 0.1) is 24.3 Å². The summed E-state index contributed by atoms with van der Waals surface area (Å²) in [6.45, 7) is 3.44. The van der Waals surface area contributed by atoms with Crippen molar-refractivity contribution >= 4 is 26.7 Å². The molecule has 0 fully saturated rings. The summed E-state index contributed by atoms with van der Waals surface area (Å²) < 4.78 is 33.8. The lowest BCUT2D eigenvalue weighted by atomic mass is 10.1. The number of carbonyl (C=O) groups is 1. The minimum absolute atomic E-state index is 0.151. The van der Waals surface area contributed by atoms with Gasteiger partial charge >= 0.3 is 5.97 Å². The average Bonchev–Trinajstić information content (AvgIpc) is 2.43. The van der Waals surface area contributed by atoms with Gasteiger partial charge in [0.15, 0.2) is 14.9 Å². The van der Waals surface area contributed by atoms with Crippen LogP contribution in [0, 0.1) is 0 Å². The molecule has 0 aliphatic carbocycles. The van der Waals surface area contributed by atoms with Crippen molar-refractivity contribution in [2.24, 2.45) is 0 Å². The van der Waals surface area contributed by atoms with Crippen molar-refractivity contribution in [1.82, 2.24) is 4.98 Å². The normalized spacial score (nSPS) is 11.7. The first kappa shape index (κ1) is 16.2. The number of aromatic nitrogens is 1. The maximum atomic E-state index is 12.3. The van der Waals surface area contributed by atoms with Crippen molar-refractivity contribution in [1.29, 1.82) is 0 Å². The Morgan fingerprint density at radius 2 is 1.91 bits per heavy atom. The Bertz CT molecular complexity index is 827. The Morgan fingerprint density at radius 3 is 2.45 bits per heavy atom. The van der Waals surface area contributed by atoms with E-state index < -0.39 is 15.8 Å². The van der Waals surface area contributed by atoms with Gasteiger partial charge in [0.25, 0.3) is 0 Å². The van der Waals surface area contributed by atoms with Crippen LogP contribution >= 0.6 is 0 Å². The second kappa shape index (κ2) is 5.92. The van der Waals surface area contributed by atoms with Crippen LogP contribution in [0.3, 0.4) is 0 Å². The Hall–Kier alpha value is -2.15. The molecule has 0 aliphatic rings. The lowest BCUT2D eigenvalue weighted by Gasteiger charge is -2.12. The van der Waals surface area contributed by atoms with E-state index in [0.29, 0.717) is 16.7 Å². The summed E-state index contributed by atoms with van der Waals surface area (Å²) in [6.07, 6.45) is 0.727. The predicted molar refractivity (Wildman–Crippen MR) is 82.0 cm³/mol. The third-order valence-corrected chi connectivity index (χ3v) is 3.90. The van der Waals surface area contributed by atoms with E-state index in [1.165, 1.54) is 13.2 Å². The summed E-state index contributed by atoms with van der Waals surface area (Å²) in [5.74, 6) is -0.0550. The topological polar surface area (TPSA) is 82.6 Å². The molecule has 1 aromatic heterocycles. The van der Waals surface area contributed by atoms with E-state index in [-0.39, 0.29) is 16.7 Å². The lowest BCUT2D eigenvalue weighted by Crippen LogP contribution is -2.13. The number of fused-ring (bicyclic) bond motifs is 1. The molecule has 6 nitrogen and oxygen atoms in total. The molecule has 0 atom stereocenters. The molecule has 7 heteroatoms. The molecule has 2 rings (SSSR count). The number of esters is 1. The van der Waals surface area contributed by atoms with Crippen molar-refractivity contribution in [3.8, 4) is 5.75 Å². The standard InChI is InChI=1S/C15H17NO5S/c1-9(2)21-15(17)12-8-14(22(4,18)19)16-13-6-5-10(20-3)7-11(12)13/h5-9H,1-4H3. The molecule has 0 aliphatic heterocycles. The zero-order valence-corrected chi connectivity index (χ0v) is 13.6. The zero-order chi connectivity index (χ0) is 16.5. The molecule has 0 spiro atoms. The largest absolute Gasteiger partial charge is 0.497 e. The second-order valence-electron chi connectivity index (χ2n) is 5.12. The van der Waals surface area contributed by atoms with Gasteiger partial charge in [-0.05, 0) is 38.1 Å². The molecule has 0 unspecified atom stereocenters. The number of rotatable bonds is 4. The smallest absolute Gasteiger partial charge is 0.339 e. The number of sulfone groups is 1. The van der Waals surface area contributed by atoms with Crippen LogP contribution in [0.15, 0.2) is 29.3 Å². The van der Waals surface area contributed by atoms with Gasteiger partial charge in [-0.2, -0.15) is 0 Å². The fourth-order valence-electron chi connectivity index (χ4n) is 1.94. The van der Waals surface area contributed by atoms with Gasteiger partial charge in [0.1, 0.15) is 5.75 Å². The predicted octanol–water partition coefficient (Wildman–Crippen LogP) is 2.21. The van der Waals surface area contributed by atoms with Crippen LogP contribution in [0.1, 0.15) is 24.2 Å². The molecule has 0 saturated carbocycles. The summed E-state index contributed by atoms with van der Waals surface area (Å²) in [5, 5.41) is 0.318. The molecule has 118 valence electrons. The fraction of sp³-hybridized carbons (Fsp3) is 0.333. The van der Waals surface area contributed by atoms with Gasteiger partial charge in [-0.15, -0.1) is 0 Å². The highest BCUT2D eigenvalue weighted by Gasteiger charge is 2.20. The monoisotopic (exact) mass is 323 g/mol. The first-order valence-electron chi connectivity index (χ1n) is 6.62. The zero-order valence-electron chi connectivity index (χ0n) is 12.8. The summed E-state index contributed by atoms with van der Waals surface area (Å²) in [4.78, 5) is 16.4. The maximum absolute atomic E-state index is 12.3. The third-order valence-electron chi connectivity index (χ3n) is 2.93. The molecule has 0 N–H and O–H groups in total. The Kier molecular flexibility index (Phi) is 4.37. The first-order chi connectivity index (χ1) is 10.2. The highest BCUT2D eigenvalue weighted by Crippen LogP contribution is 2.26. The molecule has 1 heterocycles. The maximum Gasteiger partial charge on any atom is 0.339 e. The molecule has 0 saturated heterocycles. The number of hydrogen-bond acceptors (Lipinski definition) is 6. The Labute approximate surface area is 129 Å². The average molecular weight is 323 g/mol. The van der Waals surface area contributed by atoms with Gasteiger partial charge in [0.2, 0.25) is 0 Å². The second-order valence-corrected chi connectivity index (χ2v) is 7.08. The van der Waals surface area contributed by atoms with Crippen LogP contribution in [-0.2, 0) is 14.6 Å². The van der Waals surface area contributed by atoms with Gasteiger partial charge in [-0.3, -0.25) is 0 Å². The number of ether oxygens (including phenoxy) is 2. The molecular weight excluding hydrogens is 306 g/mol. The van der Waals surface area contributed by atoms with Crippen LogP contribution in [0.4, 0.5) is 0 Å². The van der Waals surface area contributed by atoms with Crippen molar-refractivity contribution < 1.29 is 22.7 Å². The molecule has 0 radical (unpaired) electrons. The van der Waals surface area contributed by atoms with E-state index in [2.05, 4.69) is 4.98 Å². The minimum Gasteiger partial charge on any atom is -0.497 e.